The van der Waals surface area contributed by atoms with Crippen molar-refractivity contribution in [2.75, 3.05) is 0 Å². The highest BCUT2D eigenvalue weighted by Crippen LogP contribution is 2.30. The van der Waals surface area contributed by atoms with E-state index in [-0.39, 0.29) is 18.4 Å². The van der Waals surface area contributed by atoms with Crippen molar-refractivity contribution < 1.29 is 31.9 Å². The summed E-state index contributed by atoms with van der Waals surface area (Å²) in [6.07, 6.45) is -5.59. The van der Waals surface area contributed by atoms with E-state index in [0.29, 0.717) is 18.1 Å². The van der Waals surface area contributed by atoms with Gasteiger partial charge in [-0.1, -0.05) is 48.5 Å². The second-order valence-electron chi connectivity index (χ2n) is 7.67. The average Bonchev–Trinajstić information content (AvgIpc) is 2.77. The third kappa shape index (κ3) is 6.86. The van der Waals surface area contributed by atoms with Crippen LogP contribution in [0.2, 0.25) is 0 Å². The van der Waals surface area contributed by atoms with Crippen LogP contribution in [0, 0.1) is 11.6 Å². The maximum absolute atomic E-state index is 14.3. The lowest BCUT2D eigenvalue weighted by molar-refractivity contribution is -0.137. The van der Waals surface area contributed by atoms with Crippen LogP contribution in [0.3, 0.4) is 0 Å². The van der Waals surface area contributed by atoms with Crippen LogP contribution in [0.4, 0.5) is 22.0 Å². The van der Waals surface area contributed by atoms with Crippen LogP contribution in [-0.4, -0.2) is 17.1 Å². The molecule has 2 atom stereocenters. The number of alkyl halides is 3. The Morgan fingerprint density at radius 2 is 1.58 bits per heavy atom. The number of hydrogen-bond acceptors (Lipinski definition) is 2. The first-order chi connectivity index (χ1) is 15.6. The Bertz CT molecular complexity index is 1070. The van der Waals surface area contributed by atoms with E-state index in [1.807, 2.05) is 30.3 Å². The van der Waals surface area contributed by atoms with Gasteiger partial charge in [-0.3, -0.25) is 4.79 Å². The van der Waals surface area contributed by atoms with Gasteiger partial charge in [0.1, 0.15) is 17.7 Å². The van der Waals surface area contributed by atoms with Crippen molar-refractivity contribution >= 4 is 5.91 Å². The molecule has 2 unspecified atom stereocenters. The van der Waals surface area contributed by atoms with Crippen LogP contribution in [0.15, 0.2) is 72.8 Å². The van der Waals surface area contributed by atoms with Crippen molar-refractivity contribution in [1.29, 1.82) is 0 Å². The molecule has 0 bridgehead atoms. The van der Waals surface area contributed by atoms with E-state index in [9.17, 15) is 31.9 Å². The maximum atomic E-state index is 14.3. The summed E-state index contributed by atoms with van der Waals surface area (Å²) in [7, 11) is 0. The molecule has 174 valence electrons. The number of benzene rings is 3. The number of rotatable bonds is 8. The normalized spacial score (nSPS) is 13.4. The highest BCUT2D eigenvalue weighted by atomic mass is 19.4. The fraction of sp³-hybridized carbons (Fsp3) is 0.240. The summed E-state index contributed by atoms with van der Waals surface area (Å²) in [5.41, 5.74) is 0.270. The lowest BCUT2D eigenvalue weighted by Gasteiger charge is -2.25. The van der Waals surface area contributed by atoms with Crippen LogP contribution in [0.5, 0.6) is 0 Å². The molecule has 0 saturated heterocycles. The molecule has 0 spiro atoms. The van der Waals surface area contributed by atoms with E-state index in [0.717, 1.165) is 29.8 Å². The average molecular weight is 463 g/mol. The Hall–Kier alpha value is -3.26. The largest absolute Gasteiger partial charge is 0.416 e. The van der Waals surface area contributed by atoms with Crippen LogP contribution in [0.25, 0.3) is 0 Å². The topological polar surface area (TPSA) is 49.3 Å². The van der Waals surface area contributed by atoms with Gasteiger partial charge in [0.2, 0.25) is 5.91 Å². The van der Waals surface area contributed by atoms with Crippen LogP contribution < -0.4 is 5.32 Å². The molecule has 1 amide bonds. The molecule has 3 aromatic carbocycles. The molecule has 0 aromatic heterocycles. The molecular formula is C25H22F5NO2. The highest BCUT2D eigenvalue weighted by molar-refractivity contribution is 5.76. The van der Waals surface area contributed by atoms with Gasteiger partial charge in [-0.15, -0.1) is 0 Å². The van der Waals surface area contributed by atoms with Gasteiger partial charge < -0.3 is 10.4 Å². The van der Waals surface area contributed by atoms with Crippen LogP contribution >= 0.6 is 0 Å². The van der Waals surface area contributed by atoms with Crippen molar-refractivity contribution in [1.82, 2.24) is 5.32 Å². The Morgan fingerprint density at radius 3 is 2.18 bits per heavy atom. The molecule has 0 aliphatic heterocycles. The molecule has 0 radical (unpaired) electrons. The van der Waals surface area contributed by atoms with Crippen molar-refractivity contribution in [2.24, 2.45) is 0 Å². The van der Waals surface area contributed by atoms with E-state index in [2.05, 4.69) is 5.32 Å². The van der Waals surface area contributed by atoms with Gasteiger partial charge in [0.05, 0.1) is 11.6 Å². The minimum Gasteiger partial charge on any atom is -0.386 e. The first kappa shape index (κ1) is 24.4. The summed E-state index contributed by atoms with van der Waals surface area (Å²) < 4.78 is 66.0. The summed E-state index contributed by atoms with van der Waals surface area (Å²) in [5, 5.41) is 13.4. The molecule has 33 heavy (non-hydrogen) atoms. The third-order valence-electron chi connectivity index (χ3n) is 5.23. The van der Waals surface area contributed by atoms with Gasteiger partial charge in [0.25, 0.3) is 0 Å². The minimum atomic E-state index is -4.50. The monoisotopic (exact) mass is 463 g/mol. The predicted octanol–water partition coefficient (Wildman–Crippen LogP) is 5.38. The van der Waals surface area contributed by atoms with Crippen LogP contribution in [0.1, 0.15) is 34.8 Å². The first-order valence-corrected chi connectivity index (χ1v) is 10.3. The standard InChI is InChI=1S/C25H22F5NO2/c26-19-11-12-20(21(27)15-19)24(33)22(14-17-6-9-18(10-7-17)25(28,29)30)31-23(32)13-8-16-4-2-1-3-5-16/h1-7,9-12,15,22,24,33H,8,13-14H2,(H,31,32). The number of halogens is 5. The zero-order chi connectivity index (χ0) is 24.0. The van der Waals surface area contributed by atoms with Crippen molar-refractivity contribution in [2.45, 2.75) is 37.6 Å². The lowest BCUT2D eigenvalue weighted by Crippen LogP contribution is -2.41. The number of aryl methyl sites for hydroxylation is 1. The van der Waals surface area contributed by atoms with Crippen molar-refractivity contribution in [3.05, 3.63) is 107 Å². The quantitative estimate of drug-likeness (QED) is 0.441. The van der Waals surface area contributed by atoms with Crippen molar-refractivity contribution in [3.63, 3.8) is 0 Å². The molecule has 3 nitrogen and oxygen atoms in total. The summed E-state index contributed by atoms with van der Waals surface area (Å²) >= 11 is 0. The third-order valence-corrected chi connectivity index (χ3v) is 5.23. The molecule has 0 heterocycles. The number of carbonyl (C=O) groups is 1. The number of amides is 1. The molecule has 8 heteroatoms. The van der Waals surface area contributed by atoms with Crippen LogP contribution in [-0.2, 0) is 23.8 Å². The molecule has 2 N–H and O–H groups in total. The van der Waals surface area contributed by atoms with Gasteiger partial charge >= 0.3 is 6.18 Å². The Kier molecular flexibility index (Phi) is 7.81. The minimum absolute atomic E-state index is 0.0623. The highest BCUT2D eigenvalue weighted by Gasteiger charge is 2.30. The van der Waals surface area contributed by atoms with E-state index in [1.165, 1.54) is 12.1 Å². The van der Waals surface area contributed by atoms with Gasteiger partial charge in [-0.05, 0) is 42.2 Å². The number of carbonyl (C=O) groups excluding carboxylic acids is 1. The lowest BCUT2D eigenvalue weighted by atomic mass is 9.94. The Balaban J connectivity index is 1.78. The number of nitrogens with one attached hydrogen (secondary N) is 1. The summed E-state index contributed by atoms with van der Waals surface area (Å²) in [6, 6.07) is 15.1. The molecular weight excluding hydrogens is 441 g/mol. The smallest absolute Gasteiger partial charge is 0.386 e. The van der Waals surface area contributed by atoms with Crippen molar-refractivity contribution in [3.8, 4) is 0 Å². The van der Waals surface area contributed by atoms with Gasteiger partial charge in [0.15, 0.2) is 0 Å². The van der Waals surface area contributed by atoms with E-state index in [4.69, 9.17) is 0 Å². The molecule has 0 aliphatic rings. The van der Waals surface area contributed by atoms with Gasteiger partial charge in [0, 0.05) is 18.1 Å². The predicted molar refractivity (Wildman–Crippen MR) is 113 cm³/mol. The first-order valence-electron chi connectivity index (χ1n) is 10.3. The number of aliphatic hydroxyl groups excluding tert-OH is 1. The SMILES string of the molecule is O=C(CCc1ccccc1)NC(Cc1ccc(C(F)(F)F)cc1)C(O)c1ccc(F)cc1F. The Labute approximate surface area is 187 Å². The number of aliphatic hydroxyl groups is 1. The van der Waals surface area contributed by atoms with Gasteiger partial charge in [-0.2, -0.15) is 13.2 Å². The molecule has 0 aliphatic carbocycles. The fourth-order valence-corrected chi connectivity index (χ4v) is 3.46. The fourth-order valence-electron chi connectivity index (χ4n) is 3.46. The number of hydrogen-bond donors (Lipinski definition) is 2. The molecule has 3 rings (SSSR count). The molecule has 3 aromatic rings. The zero-order valence-corrected chi connectivity index (χ0v) is 17.4. The maximum Gasteiger partial charge on any atom is 0.416 e. The van der Waals surface area contributed by atoms with E-state index < -0.39 is 41.4 Å². The Morgan fingerprint density at radius 1 is 0.909 bits per heavy atom. The summed E-state index contributed by atoms with van der Waals surface area (Å²) in [6.45, 7) is 0. The second kappa shape index (κ2) is 10.6. The zero-order valence-electron chi connectivity index (χ0n) is 17.4. The molecule has 0 saturated carbocycles. The second-order valence-corrected chi connectivity index (χ2v) is 7.67. The summed E-state index contributed by atoms with van der Waals surface area (Å²) in [5.74, 6) is -2.23. The molecule has 0 fully saturated rings. The van der Waals surface area contributed by atoms with E-state index in [1.54, 1.807) is 0 Å². The summed E-state index contributed by atoms with van der Waals surface area (Å²) in [4.78, 5) is 12.6. The van der Waals surface area contributed by atoms with Gasteiger partial charge in [-0.25, -0.2) is 8.78 Å². The van der Waals surface area contributed by atoms with E-state index >= 15 is 0 Å².